The minimum absolute atomic E-state index is 0. The van der Waals surface area contributed by atoms with E-state index < -0.39 is 18.3 Å². The SMILES string of the molecule is CCNC(=NCc1ccc(C(F)(F)F)cc1)NCc1nccn1C(F)F.I. The second-order valence-electron chi connectivity index (χ2n) is 5.27. The van der Waals surface area contributed by atoms with Crippen LogP contribution in [-0.2, 0) is 19.3 Å². The van der Waals surface area contributed by atoms with Crippen molar-refractivity contribution in [3.05, 3.63) is 53.6 Å². The van der Waals surface area contributed by atoms with Gasteiger partial charge in [0.2, 0.25) is 0 Å². The quantitative estimate of drug-likeness (QED) is 0.270. The van der Waals surface area contributed by atoms with Crippen LogP contribution < -0.4 is 10.6 Å². The van der Waals surface area contributed by atoms with Crippen molar-refractivity contribution in [2.75, 3.05) is 6.54 Å². The summed E-state index contributed by atoms with van der Waals surface area (Å²) < 4.78 is 64.0. The lowest BCUT2D eigenvalue weighted by atomic mass is 10.1. The Kier molecular flexibility index (Phi) is 8.93. The number of nitrogens with zero attached hydrogens (tertiary/aromatic N) is 3. The average Bonchev–Trinajstić information content (AvgIpc) is 3.06. The maximum atomic E-state index is 12.8. The molecule has 0 unspecified atom stereocenters. The Bertz CT molecular complexity index is 728. The molecule has 0 bridgehead atoms. The molecule has 0 spiro atoms. The molecule has 0 aliphatic carbocycles. The zero-order chi connectivity index (χ0) is 19.2. The Hall–Kier alpha value is -1.92. The maximum absolute atomic E-state index is 12.8. The highest BCUT2D eigenvalue weighted by Gasteiger charge is 2.29. The lowest BCUT2D eigenvalue weighted by Gasteiger charge is -2.12. The minimum atomic E-state index is -4.38. The molecule has 2 N–H and O–H groups in total. The summed E-state index contributed by atoms with van der Waals surface area (Å²) in [5.41, 5.74) is -0.140. The van der Waals surface area contributed by atoms with E-state index >= 15 is 0 Å². The summed E-state index contributed by atoms with van der Waals surface area (Å²) >= 11 is 0. The second-order valence-corrected chi connectivity index (χ2v) is 5.27. The van der Waals surface area contributed by atoms with Gasteiger partial charge in [0.25, 0.3) is 0 Å². The number of hydrogen-bond donors (Lipinski definition) is 2. The number of imidazole rings is 1. The van der Waals surface area contributed by atoms with Crippen LogP contribution in [0.5, 0.6) is 0 Å². The number of alkyl halides is 5. The molecule has 1 heterocycles. The lowest BCUT2D eigenvalue weighted by Crippen LogP contribution is -2.37. The van der Waals surface area contributed by atoms with Crippen molar-refractivity contribution >= 4 is 29.9 Å². The van der Waals surface area contributed by atoms with E-state index in [1.54, 1.807) is 0 Å². The van der Waals surface area contributed by atoms with Crippen molar-refractivity contribution in [1.29, 1.82) is 0 Å². The van der Waals surface area contributed by atoms with E-state index in [9.17, 15) is 22.0 Å². The van der Waals surface area contributed by atoms with Gasteiger partial charge in [-0.05, 0) is 24.6 Å². The van der Waals surface area contributed by atoms with Crippen LogP contribution in [0.3, 0.4) is 0 Å². The number of rotatable bonds is 6. The standard InChI is InChI=1S/C16H18F5N5.HI/c1-2-22-15(25-10-13-23-7-8-26(13)14(17)18)24-9-11-3-5-12(6-4-11)16(19,20)21;/h3-8,14H,2,9-10H2,1H3,(H2,22,24,25);1H. The van der Waals surface area contributed by atoms with Gasteiger partial charge in [0.15, 0.2) is 5.96 Å². The summed E-state index contributed by atoms with van der Waals surface area (Å²) in [7, 11) is 0. The normalized spacial score (nSPS) is 12.0. The first-order valence-electron chi connectivity index (χ1n) is 7.79. The fourth-order valence-corrected chi connectivity index (χ4v) is 2.13. The Balaban J connectivity index is 0.00000364. The number of guanidine groups is 1. The third-order valence-electron chi connectivity index (χ3n) is 3.42. The molecule has 0 aliphatic rings. The van der Waals surface area contributed by atoms with E-state index in [4.69, 9.17) is 0 Å². The van der Waals surface area contributed by atoms with Crippen LogP contribution >= 0.6 is 24.0 Å². The monoisotopic (exact) mass is 503 g/mol. The molecule has 1 aromatic heterocycles. The molecule has 2 rings (SSSR count). The molecule has 5 nitrogen and oxygen atoms in total. The van der Waals surface area contributed by atoms with Crippen molar-refractivity contribution in [3.8, 4) is 0 Å². The van der Waals surface area contributed by atoms with E-state index in [0.29, 0.717) is 18.1 Å². The molecule has 0 aliphatic heterocycles. The fourth-order valence-electron chi connectivity index (χ4n) is 2.13. The molecule has 0 atom stereocenters. The summed E-state index contributed by atoms with van der Waals surface area (Å²) in [6.45, 7) is -0.175. The minimum Gasteiger partial charge on any atom is -0.357 e. The first-order chi connectivity index (χ1) is 12.3. The number of nitrogens with one attached hydrogen (secondary N) is 2. The molecule has 0 saturated carbocycles. The summed E-state index contributed by atoms with van der Waals surface area (Å²) in [5, 5.41) is 5.80. The topological polar surface area (TPSA) is 54.2 Å². The van der Waals surface area contributed by atoms with Gasteiger partial charge in [-0.2, -0.15) is 22.0 Å². The van der Waals surface area contributed by atoms with Gasteiger partial charge in [0.1, 0.15) is 5.82 Å². The van der Waals surface area contributed by atoms with Crippen LogP contribution in [0.1, 0.15) is 30.4 Å². The Labute approximate surface area is 170 Å². The molecule has 11 heteroatoms. The van der Waals surface area contributed by atoms with Crippen molar-refractivity contribution in [3.63, 3.8) is 0 Å². The smallest absolute Gasteiger partial charge is 0.357 e. The first kappa shape index (κ1) is 23.1. The number of aromatic nitrogens is 2. The third-order valence-corrected chi connectivity index (χ3v) is 3.42. The maximum Gasteiger partial charge on any atom is 0.416 e. The van der Waals surface area contributed by atoms with Crippen LogP contribution in [0, 0.1) is 0 Å². The van der Waals surface area contributed by atoms with E-state index in [0.717, 1.165) is 16.7 Å². The van der Waals surface area contributed by atoms with Gasteiger partial charge in [-0.25, -0.2) is 9.98 Å². The van der Waals surface area contributed by atoms with Crippen LogP contribution in [0.15, 0.2) is 41.7 Å². The van der Waals surface area contributed by atoms with Gasteiger partial charge in [0.05, 0.1) is 18.7 Å². The van der Waals surface area contributed by atoms with Crippen molar-refractivity contribution in [1.82, 2.24) is 20.2 Å². The fraction of sp³-hybridized carbons (Fsp3) is 0.375. The summed E-state index contributed by atoms with van der Waals surface area (Å²) in [5.74, 6) is 0.483. The predicted molar refractivity (Wildman–Crippen MR) is 102 cm³/mol. The highest BCUT2D eigenvalue weighted by atomic mass is 127. The van der Waals surface area contributed by atoms with Crippen LogP contribution in [0.4, 0.5) is 22.0 Å². The number of benzene rings is 1. The lowest BCUT2D eigenvalue weighted by molar-refractivity contribution is -0.137. The van der Waals surface area contributed by atoms with Gasteiger partial charge in [-0.15, -0.1) is 24.0 Å². The second kappa shape index (κ2) is 10.4. The van der Waals surface area contributed by atoms with Gasteiger partial charge < -0.3 is 10.6 Å². The van der Waals surface area contributed by atoms with E-state index in [1.807, 2.05) is 6.92 Å². The van der Waals surface area contributed by atoms with E-state index in [1.165, 1.54) is 24.5 Å². The number of hydrogen-bond acceptors (Lipinski definition) is 2. The molecule has 0 saturated heterocycles. The Morgan fingerprint density at radius 3 is 2.41 bits per heavy atom. The average molecular weight is 503 g/mol. The summed E-state index contributed by atoms with van der Waals surface area (Å²) in [6, 6.07) is 4.67. The van der Waals surface area contributed by atoms with Crippen molar-refractivity contribution in [2.45, 2.75) is 32.7 Å². The highest BCUT2D eigenvalue weighted by Crippen LogP contribution is 2.29. The molecule has 1 aromatic carbocycles. The largest absolute Gasteiger partial charge is 0.416 e. The van der Waals surface area contributed by atoms with Crippen LogP contribution in [0.25, 0.3) is 0 Å². The first-order valence-corrected chi connectivity index (χ1v) is 7.79. The van der Waals surface area contributed by atoms with Gasteiger partial charge in [-0.3, -0.25) is 4.57 Å². The molecular weight excluding hydrogens is 484 g/mol. The third kappa shape index (κ3) is 6.96. The molecule has 150 valence electrons. The van der Waals surface area contributed by atoms with Crippen LogP contribution in [0.2, 0.25) is 0 Å². The van der Waals surface area contributed by atoms with Gasteiger partial charge in [0, 0.05) is 18.9 Å². The van der Waals surface area contributed by atoms with Crippen molar-refractivity contribution < 1.29 is 22.0 Å². The predicted octanol–water partition coefficient (Wildman–Crippen LogP) is 4.17. The Morgan fingerprint density at radius 1 is 1.19 bits per heavy atom. The molecule has 0 amide bonds. The molecule has 27 heavy (non-hydrogen) atoms. The number of aliphatic imine (C=N–C) groups is 1. The molecule has 0 radical (unpaired) electrons. The Morgan fingerprint density at radius 2 is 1.85 bits per heavy atom. The van der Waals surface area contributed by atoms with Crippen molar-refractivity contribution in [2.24, 2.45) is 4.99 Å². The molecule has 0 fully saturated rings. The summed E-state index contributed by atoms with van der Waals surface area (Å²) in [6.07, 6.45) is -1.94. The van der Waals surface area contributed by atoms with E-state index in [2.05, 4.69) is 20.6 Å². The highest BCUT2D eigenvalue weighted by molar-refractivity contribution is 14.0. The molecule has 2 aromatic rings. The van der Waals surface area contributed by atoms with E-state index in [-0.39, 0.29) is 42.9 Å². The van der Waals surface area contributed by atoms with Gasteiger partial charge in [-0.1, -0.05) is 12.1 Å². The van der Waals surface area contributed by atoms with Crippen LogP contribution in [-0.4, -0.2) is 22.1 Å². The summed E-state index contributed by atoms with van der Waals surface area (Å²) in [4.78, 5) is 8.09. The molecular formula is C16H19F5IN5. The zero-order valence-corrected chi connectivity index (χ0v) is 16.6. The van der Waals surface area contributed by atoms with Gasteiger partial charge >= 0.3 is 12.7 Å². The number of halogens is 6. The zero-order valence-electron chi connectivity index (χ0n) is 14.3.